The van der Waals surface area contributed by atoms with Gasteiger partial charge in [-0.2, -0.15) is 0 Å². The van der Waals surface area contributed by atoms with Crippen LogP contribution in [-0.2, 0) is 0 Å². The Morgan fingerprint density at radius 3 is 1.44 bits per heavy atom. The first-order valence-electron chi connectivity index (χ1n) is 18.9. The highest BCUT2D eigenvalue weighted by Gasteiger charge is 2.17. The van der Waals surface area contributed by atoms with Crippen LogP contribution in [-0.4, -0.2) is 0 Å². The Kier molecular flexibility index (Phi) is 10.4. The summed E-state index contributed by atoms with van der Waals surface area (Å²) in [7, 11) is 0. The van der Waals surface area contributed by atoms with Crippen molar-refractivity contribution >= 4 is 51.1 Å². The summed E-state index contributed by atoms with van der Waals surface area (Å²) < 4.78 is 0. The maximum atomic E-state index is 2.37. The van der Waals surface area contributed by atoms with Gasteiger partial charge in [0.05, 0.1) is 5.69 Å². The average Bonchev–Trinajstić information content (AvgIpc) is 3.24. The summed E-state index contributed by atoms with van der Waals surface area (Å²) in [5.74, 6) is 0. The minimum absolute atomic E-state index is 1.10. The lowest BCUT2D eigenvalue weighted by atomic mass is 9.92. The molecule has 55 heavy (non-hydrogen) atoms. The van der Waals surface area contributed by atoms with Crippen LogP contribution >= 0.6 is 0 Å². The van der Waals surface area contributed by atoms with E-state index in [-0.39, 0.29) is 0 Å². The quantitative estimate of drug-likeness (QED) is 0.101. The van der Waals surface area contributed by atoms with Crippen molar-refractivity contribution in [3.8, 4) is 0 Å². The van der Waals surface area contributed by atoms with Gasteiger partial charge in [-0.25, -0.2) is 0 Å². The minimum atomic E-state index is 1.10. The van der Waals surface area contributed by atoms with Gasteiger partial charge in [0, 0.05) is 16.8 Å². The van der Waals surface area contributed by atoms with Gasteiger partial charge >= 0.3 is 0 Å². The molecule has 0 radical (unpaired) electrons. The van der Waals surface area contributed by atoms with Crippen LogP contribution in [0.1, 0.15) is 44.5 Å². The second-order valence-electron chi connectivity index (χ2n) is 13.9. The molecule has 0 saturated carbocycles. The summed E-state index contributed by atoms with van der Waals surface area (Å²) in [5, 5.41) is 2.40. The van der Waals surface area contributed by atoms with E-state index in [2.05, 4.69) is 243 Å². The van der Waals surface area contributed by atoms with E-state index in [9.17, 15) is 0 Å². The Morgan fingerprint density at radius 1 is 0.400 bits per heavy atom. The van der Waals surface area contributed by atoms with Crippen molar-refractivity contribution in [1.29, 1.82) is 0 Å². The third kappa shape index (κ3) is 8.03. The van der Waals surface area contributed by atoms with E-state index >= 15 is 0 Å². The second kappa shape index (κ2) is 16.4. The summed E-state index contributed by atoms with van der Waals surface area (Å²) in [6.07, 6.45) is 8.89. The molecule has 0 aromatic heterocycles. The highest BCUT2D eigenvalue weighted by molar-refractivity contribution is 6.05. The molecular weight excluding hydrogens is 663 g/mol. The molecule has 0 saturated heterocycles. The van der Waals surface area contributed by atoms with Gasteiger partial charge in [-0.1, -0.05) is 199 Å². The molecule has 0 N–H and O–H groups in total. The second-order valence-corrected chi connectivity index (χ2v) is 13.9. The molecule has 0 aliphatic carbocycles. The van der Waals surface area contributed by atoms with Crippen molar-refractivity contribution in [3.05, 3.63) is 257 Å². The van der Waals surface area contributed by atoms with E-state index in [1.54, 1.807) is 0 Å². The van der Waals surface area contributed by atoms with Gasteiger partial charge in [-0.3, -0.25) is 0 Å². The van der Waals surface area contributed by atoms with Crippen molar-refractivity contribution in [2.75, 3.05) is 4.90 Å². The summed E-state index contributed by atoms with van der Waals surface area (Å²) in [4.78, 5) is 2.37. The molecular formula is C54H43N. The zero-order valence-corrected chi connectivity index (χ0v) is 31.3. The van der Waals surface area contributed by atoms with Crippen molar-refractivity contribution in [2.45, 2.75) is 13.8 Å². The van der Waals surface area contributed by atoms with Crippen LogP contribution in [0.2, 0.25) is 0 Å². The number of rotatable bonds is 10. The lowest BCUT2D eigenvalue weighted by Crippen LogP contribution is -2.10. The molecule has 0 atom stereocenters. The molecule has 1 nitrogen and oxygen atoms in total. The average molecular weight is 706 g/mol. The van der Waals surface area contributed by atoms with Crippen LogP contribution in [0.5, 0.6) is 0 Å². The van der Waals surface area contributed by atoms with Crippen LogP contribution in [0.15, 0.2) is 212 Å². The lowest BCUT2D eigenvalue weighted by Gasteiger charge is -2.27. The molecule has 264 valence electrons. The van der Waals surface area contributed by atoms with E-state index in [1.165, 1.54) is 60.9 Å². The fourth-order valence-corrected chi connectivity index (χ4v) is 7.17. The smallest absolute Gasteiger partial charge is 0.0540 e. The number of hydrogen-bond donors (Lipinski definition) is 0. The molecule has 0 aliphatic rings. The molecule has 8 rings (SSSR count). The van der Waals surface area contributed by atoms with E-state index in [1.807, 2.05) is 0 Å². The molecule has 0 heterocycles. The highest BCUT2D eigenvalue weighted by Crippen LogP contribution is 2.41. The fourth-order valence-electron chi connectivity index (χ4n) is 7.17. The number of anilines is 3. The first-order chi connectivity index (χ1) is 27.1. The molecule has 8 aromatic carbocycles. The standard InChI is InChI=1S/C54H43N/c1-40-25-31-45(32-26-40)53(46-33-27-41(2)28-34-46)39-47-35-38-54(52-23-13-12-22-51(47)52)55(48-20-10-5-11-21-48)49-36-29-42(30-37-49)15-14-24-50(43-16-6-3-7-17-43)44-18-8-4-9-19-44/h3-39H,1-2H3/b15-14+. The van der Waals surface area contributed by atoms with Crippen molar-refractivity contribution < 1.29 is 0 Å². The van der Waals surface area contributed by atoms with Crippen molar-refractivity contribution in [1.82, 2.24) is 0 Å². The maximum absolute atomic E-state index is 2.37. The molecule has 0 fully saturated rings. The van der Waals surface area contributed by atoms with Crippen LogP contribution in [0.25, 0.3) is 34.1 Å². The molecule has 0 unspecified atom stereocenters. The van der Waals surface area contributed by atoms with Gasteiger partial charge in [-0.05, 0) is 100 Å². The first kappa shape index (κ1) is 35.1. The predicted octanol–water partition coefficient (Wildman–Crippen LogP) is 14.7. The number of allylic oxidation sites excluding steroid dienone is 2. The Morgan fingerprint density at radius 2 is 0.873 bits per heavy atom. The predicted molar refractivity (Wildman–Crippen MR) is 237 cm³/mol. The fraction of sp³-hybridized carbons (Fsp3) is 0.0370. The van der Waals surface area contributed by atoms with Gasteiger partial charge in [0.25, 0.3) is 0 Å². The third-order valence-corrected chi connectivity index (χ3v) is 10.1. The highest BCUT2D eigenvalue weighted by atomic mass is 15.1. The lowest BCUT2D eigenvalue weighted by molar-refractivity contribution is 1.29. The number of benzene rings is 8. The number of para-hydroxylation sites is 1. The van der Waals surface area contributed by atoms with Crippen molar-refractivity contribution in [3.63, 3.8) is 0 Å². The number of aryl methyl sites for hydroxylation is 2. The molecule has 0 spiro atoms. The number of hydrogen-bond acceptors (Lipinski definition) is 1. The summed E-state index contributed by atoms with van der Waals surface area (Å²) in [6.45, 7) is 4.28. The maximum Gasteiger partial charge on any atom is 0.0540 e. The molecule has 0 amide bonds. The Hall–Kier alpha value is -6.96. The van der Waals surface area contributed by atoms with Gasteiger partial charge in [-0.15, -0.1) is 0 Å². The van der Waals surface area contributed by atoms with E-state index in [0.29, 0.717) is 0 Å². The third-order valence-electron chi connectivity index (χ3n) is 10.1. The normalized spacial score (nSPS) is 11.0. The van der Waals surface area contributed by atoms with Gasteiger partial charge in [0.2, 0.25) is 0 Å². The van der Waals surface area contributed by atoms with Crippen LogP contribution in [0.3, 0.4) is 0 Å². The van der Waals surface area contributed by atoms with Crippen LogP contribution < -0.4 is 4.90 Å². The largest absolute Gasteiger partial charge is 0.310 e. The summed E-state index contributed by atoms with van der Waals surface area (Å²) in [6, 6.07) is 71.7. The van der Waals surface area contributed by atoms with E-state index < -0.39 is 0 Å². The summed E-state index contributed by atoms with van der Waals surface area (Å²) >= 11 is 0. The Bertz CT molecular complexity index is 2510. The minimum Gasteiger partial charge on any atom is -0.310 e. The van der Waals surface area contributed by atoms with Crippen LogP contribution in [0.4, 0.5) is 17.1 Å². The SMILES string of the molecule is Cc1ccc(C(=Cc2ccc(N(c3ccccc3)c3ccc(/C=C/C=C(c4ccccc4)c4ccccc4)cc3)c3ccccc23)c2ccc(C)cc2)cc1. The number of fused-ring (bicyclic) bond motifs is 1. The molecule has 8 aromatic rings. The molecule has 1 heteroatoms. The Balaban J connectivity index is 1.18. The monoisotopic (exact) mass is 705 g/mol. The zero-order chi connectivity index (χ0) is 37.4. The van der Waals surface area contributed by atoms with Gasteiger partial charge < -0.3 is 4.90 Å². The first-order valence-corrected chi connectivity index (χ1v) is 18.9. The van der Waals surface area contributed by atoms with Crippen LogP contribution in [0, 0.1) is 13.8 Å². The molecule has 0 bridgehead atoms. The summed E-state index contributed by atoms with van der Waals surface area (Å²) in [5.41, 5.74) is 15.4. The zero-order valence-electron chi connectivity index (χ0n) is 31.3. The van der Waals surface area contributed by atoms with E-state index in [0.717, 1.165) is 22.6 Å². The van der Waals surface area contributed by atoms with Crippen molar-refractivity contribution in [2.24, 2.45) is 0 Å². The Labute approximate surface area is 325 Å². The molecule has 0 aliphatic heterocycles. The van der Waals surface area contributed by atoms with Gasteiger partial charge in [0.15, 0.2) is 0 Å². The van der Waals surface area contributed by atoms with Gasteiger partial charge in [0.1, 0.15) is 0 Å². The topological polar surface area (TPSA) is 3.24 Å². The number of nitrogens with zero attached hydrogens (tertiary/aromatic N) is 1. The van der Waals surface area contributed by atoms with E-state index in [4.69, 9.17) is 0 Å².